The fourth-order valence-electron chi connectivity index (χ4n) is 7.72. The molecule has 0 unspecified atom stereocenters. The van der Waals surface area contributed by atoms with Crippen molar-refractivity contribution in [1.82, 2.24) is 0 Å². The molecule has 46 heavy (non-hydrogen) atoms. The summed E-state index contributed by atoms with van der Waals surface area (Å²) in [6.45, 7) is 12.4. The summed E-state index contributed by atoms with van der Waals surface area (Å²) < 4.78 is 1.41. The predicted octanol–water partition coefficient (Wildman–Crippen LogP) is 12.4. The van der Waals surface area contributed by atoms with Crippen LogP contribution in [0.5, 0.6) is 0 Å². The first-order chi connectivity index (χ1) is 22.5. The van der Waals surface area contributed by atoms with Crippen molar-refractivity contribution < 1.29 is 0 Å². The number of benzene rings is 6. The van der Waals surface area contributed by atoms with Crippen molar-refractivity contribution in [2.75, 3.05) is 0 Å². The molecule has 0 fully saturated rings. The molecule has 0 saturated heterocycles. The second kappa shape index (κ2) is 11.0. The zero-order valence-corrected chi connectivity index (χ0v) is 27.0. The molecule has 0 N–H and O–H groups in total. The quantitative estimate of drug-likeness (QED) is 0.176. The van der Waals surface area contributed by atoms with E-state index in [1.165, 1.54) is 76.2 Å². The Morgan fingerprint density at radius 2 is 1.15 bits per heavy atom. The van der Waals surface area contributed by atoms with Crippen LogP contribution in [0.1, 0.15) is 38.3 Å². The number of rotatable bonds is 3. The molecule has 0 aliphatic heterocycles. The maximum absolute atomic E-state index is 4.18. The van der Waals surface area contributed by atoms with E-state index in [0.717, 1.165) is 11.1 Å². The van der Waals surface area contributed by atoms with Crippen molar-refractivity contribution in [2.45, 2.75) is 19.3 Å². The highest BCUT2D eigenvalue weighted by Crippen LogP contribution is 2.63. The molecule has 0 nitrogen and oxygen atoms in total. The summed E-state index contributed by atoms with van der Waals surface area (Å²) in [4.78, 5) is 1.40. The van der Waals surface area contributed by atoms with Crippen LogP contribution in [0.3, 0.4) is 0 Å². The van der Waals surface area contributed by atoms with Crippen LogP contribution >= 0.6 is 11.3 Å². The molecule has 2 aliphatic carbocycles. The maximum Gasteiger partial charge on any atom is 0.0725 e. The van der Waals surface area contributed by atoms with E-state index >= 15 is 0 Å². The van der Waals surface area contributed by atoms with Crippen LogP contribution in [-0.2, 0) is 5.41 Å². The summed E-state index contributed by atoms with van der Waals surface area (Å²) in [5, 5.41) is 1.41. The molecule has 220 valence electrons. The van der Waals surface area contributed by atoms with E-state index in [-0.39, 0.29) is 5.41 Å². The van der Waals surface area contributed by atoms with Crippen LogP contribution in [0, 0.1) is 13.8 Å². The average Bonchev–Trinajstić information content (AvgIpc) is 3.74. The monoisotopic (exact) mass is 606 g/mol. The van der Waals surface area contributed by atoms with Crippen molar-refractivity contribution in [3.63, 3.8) is 0 Å². The fourth-order valence-corrected chi connectivity index (χ4v) is 8.72. The molecule has 1 aromatic heterocycles. The van der Waals surface area contributed by atoms with Gasteiger partial charge < -0.3 is 0 Å². The van der Waals surface area contributed by atoms with Crippen molar-refractivity contribution in [2.24, 2.45) is 0 Å². The molecule has 0 radical (unpaired) electrons. The van der Waals surface area contributed by atoms with Crippen LogP contribution < -0.4 is 0 Å². The molecule has 9 rings (SSSR count). The zero-order chi connectivity index (χ0) is 31.4. The lowest BCUT2D eigenvalue weighted by Crippen LogP contribution is -2.25. The Bertz CT molecular complexity index is 2280. The summed E-state index contributed by atoms with van der Waals surface area (Å²) in [5.41, 5.74) is 16.4. The molecule has 1 heterocycles. The number of hydrogen-bond donors (Lipinski definition) is 0. The smallest absolute Gasteiger partial charge is 0.0725 e. The summed E-state index contributed by atoms with van der Waals surface area (Å²) in [7, 11) is 0. The molecular weight excluding hydrogens is 573 g/mol. The Balaban J connectivity index is 0.000000240. The summed E-state index contributed by atoms with van der Waals surface area (Å²) in [5.74, 6) is 0. The number of fused-ring (bicyclic) bond motifs is 11. The molecular formula is C45H34S. The van der Waals surface area contributed by atoms with Crippen molar-refractivity contribution in [3.8, 4) is 33.4 Å². The third-order valence-corrected chi connectivity index (χ3v) is 10.7. The van der Waals surface area contributed by atoms with Gasteiger partial charge in [0, 0.05) is 9.58 Å². The predicted molar refractivity (Wildman–Crippen MR) is 199 cm³/mol. The van der Waals surface area contributed by atoms with Gasteiger partial charge in [0.1, 0.15) is 0 Å². The zero-order valence-electron chi connectivity index (χ0n) is 26.2. The van der Waals surface area contributed by atoms with E-state index < -0.39 is 0 Å². The number of thiophene rings is 1. The van der Waals surface area contributed by atoms with Crippen molar-refractivity contribution in [1.29, 1.82) is 0 Å². The van der Waals surface area contributed by atoms with Crippen LogP contribution in [0.25, 0.3) is 49.0 Å². The highest BCUT2D eigenvalue weighted by atomic mass is 32.1. The van der Waals surface area contributed by atoms with Gasteiger partial charge >= 0.3 is 0 Å². The molecule has 1 spiro atoms. The van der Waals surface area contributed by atoms with E-state index in [1.54, 1.807) is 0 Å². The van der Waals surface area contributed by atoms with Gasteiger partial charge in [0.15, 0.2) is 0 Å². The first-order valence-corrected chi connectivity index (χ1v) is 16.6. The van der Waals surface area contributed by atoms with Gasteiger partial charge in [-0.15, -0.1) is 11.3 Å². The Morgan fingerprint density at radius 3 is 1.83 bits per heavy atom. The highest BCUT2D eigenvalue weighted by molar-refractivity contribution is 7.19. The number of aryl methyl sites for hydroxylation is 2. The highest BCUT2D eigenvalue weighted by Gasteiger charge is 2.51. The van der Waals surface area contributed by atoms with Gasteiger partial charge in [0.25, 0.3) is 0 Å². The van der Waals surface area contributed by atoms with E-state index in [4.69, 9.17) is 0 Å². The molecule has 0 amide bonds. The first kappa shape index (κ1) is 28.2. The molecule has 0 bridgehead atoms. The minimum absolute atomic E-state index is 0.308. The van der Waals surface area contributed by atoms with E-state index in [1.807, 2.05) is 17.4 Å². The normalized spacial score (nSPS) is 12.9. The largest absolute Gasteiger partial charge is 0.141 e. The van der Waals surface area contributed by atoms with Gasteiger partial charge in [-0.2, -0.15) is 0 Å². The lowest BCUT2D eigenvalue weighted by molar-refractivity contribution is 0.794. The summed E-state index contributed by atoms with van der Waals surface area (Å²) >= 11 is 1.87. The lowest BCUT2D eigenvalue weighted by Gasteiger charge is -2.30. The Morgan fingerprint density at radius 1 is 0.587 bits per heavy atom. The SMILES string of the molecule is C=CC(=C)c1cccc(-c2cccc3c2-c2ccccc2C32c3ccccc3-c3ccccc32)c1.Cc1cc2c(C)cccc2s1. The van der Waals surface area contributed by atoms with Gasteiger partial charge in [0.05, 0.1) is 5.41 Å². The minimum Gasteiger partial charge on any atom is -0.141 e. The van der Waals surface area contributed by atoms with E-state index in [0.29, 0.717) is 0 Å². The molecule has 1 heteroatoms. The van der Waals surface area contributed by atoms with E-state index in [9.17, 15) is 0 Å². The van der Waals surface area contributed by atoms with Gasteiger partial charge in [0.2, 0.25) is 0 Å². The number of allylic oxidation sites excluding steroid dienone is 2. The molecule has 7 aromatic rings. The second-order valence-corrected chi connectivity index (χ2v) is 13.6. The lowest BCUT2D eigenvalue weighted by atomic mass is 9.70. The van der Waals surface area contributed by atoms with Crippen molar-refractivity contribution in [3.05, 3.63) is 197 Å². The van der Waals surface area contributed by atoms with Gasteiger partial charge in [-0.25, -0.2) is 0 Å². The van der Waals surface area contributed by atoms with Crippen LogP contribution in [0.4, 0.5) is 0 Å². The third kappa shape index (κ3) is 4.12. The molecule has 0 atom stereocenters. The topological polar surface area (TPSA) is 0 Å². The number of hydrogen-bond acceptors (Lipinski definition) is 1. The minimum atomic E-state index is -0.308. The van der Waals surface area contributed by atoms with Gasteiger partial charge in [-0.3, -0.25) is 0 Å². The summed E-state index contributed by atoms with van der Waals surface area (Å²) in [6, 6.07) is 51.1. The Hall–Kier alpha value is -5.24. The second-order valence-electron chi connectivity index (χ2n) is 12.3. The molecule has 0 saturated carbocycles. The van der Waals surface area contributed by atoms with Crippen LogP contribution in [-0.4, -0.2) is 0 Å². The summed E-state index contributed by atoms with van der Waals surface area (Å²) in [6.07, 6.45) is 1.82. The third-order valence-electron chi connectivity index (χ3n) is 9.71. The van der Waals surface area contributed by atoms with Crippen molar-refractivity contribution >= 4 is 27.0 Å². The maximum atomic E-state index is 4.18. The first-order valence-electron chi connectivity index (χ1n) is 15.8. The average molecular weight is 607 g/mol. The Kier molecular flexibility index (Phi) is 6.74. The Labute approximate surface area is 275 Å². The standard InChI is InChI=1S/C35H24.C10H10S/c1-3-23(2)24-12-10-13-25(22-24)26-17-11-21-33-34(26)29-16-6-9-20-32(29)35(33)30-18-7-4-14-27(30)28-15-5-8-19-31(28)35;1-7-4-3-5-10-9(7)6-8(2)11-10/h3-22H,1-2H2;3-6H,1-2H3. The van der Waals surface area contributed by atoms with Gasteiger partial charge in [-0.1, -0.05) is 141 Å². The van der Waals surface area contributed by atoms with Crippen LogP contribution in [0.2, 0.25) is 0 Å². The molecule has 2 aliphatic rings. The fraction of sp³-hybridized carbons (Fsp3) is 0.0667. The molecule has 6 aromatic carbocycles. The van der Waals surface area contributed by atoms with E-state index in [2.05, 4.69) is 167 Å². The van der Waals surface area contributed by atoms with Crippen LogP contribution in [0.15, 0.2) is 159 Å². The van der Waals surface area contributed by atoms with Gasteiger partial charge in [-0.05, 0) is 110 Å².